The van der Waals surface area contributed by atoms with Crippen molar-refractivity contribution in [3.05, 3.63) is 84.2 Å². The predicted molar refractivity (Wildman–Crippen MR) is 146 cm³/mol. The van der Waals surface area contributed by atoms with Crippen molar-refractivity contribution in [3.8, 4) is 11.1 Å². The van der Waals surface area contributed by atoms with E-state index in [4.69, 9.17) is 26.2 Å². The van der Waals surface area contributed by atoms with Gasteiger partial charge in [0, 0.05) is 49.5 Å². The number of aryl methyl sites for hydroxylation is 1. The molecule has 0 bridgehead atoms. The maximum absolute atomic E-state index is 6.69. The highest BCUT2D eigenvalue weighted by atomic mass is 16.5. The van der Waals surface area contributed by atoms with Gasteiger partial charge in [0.25, 0.3) is 0 Å². The summed E-state index contributed by atoms with van der Waals surface area (Å²) in [6.07, 6.45) is 5.35. The zero-order chi connectivity index (χ0) is 25.6. The number of hydrogen-bond acceptors (Lipinski definition) is 8. The average molecular weight is 495 g/mol. The fourth-order valence-electron chi connectivity index (χ4n) is 4.29. The number of morpholine rings is 1. The number of nitrogens with zero attached hydrogens (tertiary/aromatic N) is 6. The largest absolute Gasteiger partial charge is 0.396 e. The zero-order valence-electron chi connectivity index (χ0n) is 20.8. The predicted octanol–water partition coefficient (Wildman–Crippen LogP) is 2.91. The number of nitrogens with two attached hydrogens (primary N) is 2. The van der Waals surface area contributed by atoms with E-state index in [0.29, 0.717) is 35.0 Å². The van der Waals surface area contributed by atoms with Gasteiger partial charge in [-0.05, 0) is 55.0 Å². The third kappa shape index (κ3) is 5.79. The molecule has 1 aliphatic rings. The van der Waals surface area contributed by atoms with Crippen LogP contribution in [0.4, 0.5) is 0 Å². The van der Waals surface area contributed by atoms with E-state index in [1.807, 2.05) is 61.7 Å². The Bertz CT molecular complexity index is 1450. The second-order valence-corrected chi connectivity index (χ2v) is 8.87. The summed E-state index contributed by atoms with van der Waals surface area (Å²) in [5, 5.41) is 0. The maximum atomic E-state index is 6.69. The van der Waals surface area contributed by atoms with Gasteiger partial charge in [0.05, 0.1) is 53.4 Å². The molecule has 37 heavy (non-hydrogen) atoms. The Labute approximate surface area is 216 Å². The smallest absolute Gasteiger partial charge is 0.130 e. The molecule has 4 N–H and O–H groups in total. The molecular weight excluding hydrogens is 464 g/mol. The van der Waals surface area contributed by atoms with Crippen LogP contribution in [0.5, 0.6) is 0 Å². The molecule has 4 aromatic rings. The van der Waals surface area contributed by atoms with Gasteiger partial charge in [0.1, 0.15) is 5.84 Å². The maximum Gasteiger partial charge on any atom is 0.130 e. The van der Waals surface area contributed by atoms with Crippen LogP contribution in [0.15, 0.2) is 72.1 Å². The van der Waals surface area contributed by atoms with Crippen LogP contribution in [0.1, 0.15) is 17.1 Å². The van der Waals surface area contributed by atoms with Gasteiger partial charge in [-0.3, -0.25) is 24.8 Å². The van der Waals surface area contributed by atoms with Gasteiger partial charge in [0.15, 0.2) is 0 Å². The minimum absolute atomic E-state index is 0.333. The lowest BCUT2D eigenvalue weighted by Crippen LogP contribution is -2.38. The number of pyridine rings is 4. The summed E-state index contributed by atoms with van der Waals surface area (Å²) in [7, 11) is 0. The molecule has 0 aromatic carbocycles. The lowest BCUT2D eigenvalue weighted by Gasteiger charge is -2.25. The van der Waals surface area contributed by atoms with Crippen molar-refractivity contribution >= 4 is 28.1 Å². The number of aromatic nitrogens is 4. The Balaban J connectivity index is 1.54. The highest BCUT2D eigenvalue weighted by Crippen LogP contribution is 2.26. The molecule has 1 aliphatic heterocycles. The SMILES string of the molecule is Cc1cccc(/C(N)=C(/C(N)=NCCN2CCOCC2)c2ccc3ncc(-c4ccncc4)cc3n2)n1. The van der Waals surface area contributed by atoms with Crippen LogP contribution in [0.2, 0.25) is 0 Å². The highest BCUT2D eigenvalue weighted by molar-refractivity contribution is 6.28. The van der Waals surface area contributed by atoms with Crippen LogP contribution in [-0.4, -0.2) is 70.1 Å². The first-order valence-corrected chi connectivity index (χ1v) is 12.3. The molecule has 0 atom stereocenters. The van der Waals surface area contributed by atoms with Crippen LogP contribution in [-0.2, 0) is 4.74 Å². The summed E-state index contributed by atoms with van der Waals surface area (Å²) < 4.78 is 5.44. The van der Waals surface area contributed by atoms with Crippen molar-refractivity contribution in [2.75, 3.05) is 39.4 Å². The molecule has 0 unspecified atom stereocenters. The van der Waals surface area contributed by atoms with Crippen LogP contribution < -0.4 is 11.5 Å². The first-order valence-electron chi connectivity index (χ1n) is 12.3. The Kier molecular flexibility index (Phi) is 7.43. The number of rotatable bonds is 7. The molecule has 0 amide bonds. The van der Waals surface area contributed by atoms with Crippen molar-refractivity contribution in [2.45, 2.75) is 6.92 Å². The summed E-state index contributed by atoms with van der Waals surface area (Å²) in [5.74, 6) is 0.333. The monoisotopic (exact) mass is 494 g/mol. The van der Waals surface area contributed by atoms with Gasteiger partial charge < -0.3 is 16.2 Å². The van der Waals surface area contributed by atoms with E-state index in [2.05, 4.69) is 19.9 Å². The van der Waals surface area contributed by atoms with Crippen LogP contribution >= 0.6 is 0 Å². The summed E-state index contributed by atoms with van der Waals surface area (Å²) in [6.45, 7) is 6.55. The van der Waals surface area contributed by atoms with Crippen molar-refractivity contribution in [3.63, 3.8) is 0 Å². The Morgan fingerprint density at radius 1 is 0.946 bits per heavy atom. The van der Waals surface area contributed by atoms with Gasteiger partial charge in [-0.2, -0.15) is 0 Å². The molecule has 9 heteroatoms. The van der Waals surface area contributed by atoms with E-state index in [1.165, 1.54) is 0 Å². The number of hydrogen-bond donors (Lipinski definition) is 2. The van der Waals surface area contributed by atoms with Crippen molar-refractivity contribution in [1.29, 1.82) is 0 Å². The van der Waals surface area contributed by atoms with Gasteiger partial charge in [-0.25, -0.2) is 4.98 Å². The third-order valence-corrected chi connectivity index (χ3v) is 6.30. The van der Waals surface area contributed by atoms with Gasteiger partial charge >= 0.3 is 0 Å². The summed E-state index contributed by atoms with van der Waals surface area (Å²) in [5.41, 5.74) is 19.9. The molecule has 0 aliphatic carbocycles. The van der Waals surface area contributed by atoms with E-state index < -0.39 is 0 Å². The van der Waals surface area contributed by atoms with Crippen molar-refractivity contribution in [1.82, 2.24) is 24.8 Å². The van der Waals surface area contributed by atoms with E-state index in [9.17, 15) is 0 Å². The summed E-state index contributed by atoms with van der Waals surface area (Å²) >= 11 is 0. The van der Waals surface area contributed by atoms with Crippen molar-refractivity contribution < 1.29 is 4.74 Å². The first-order chi connectivity index (χ1) is 18.1. The topological polar surface area (TPSA) is 128 Å². The second-order valence-electron chi connectivity index (χ2n) is 8.87. The quantitative estimate of drug-likeness (QED) is 0.296. The molecule has 4 aromatic heterocycles. The zero-order valence-corrected chi connectivity index (χ0v) is 20.8. The molecular formula is C28H30N8O. The lowest BCUT2D eigenvalue weighted by molar-refractivity contribution is 0.0394. The Morgan fingerprint density at radius 3 is 2.54 bits per heavy atom. The fraction of sp³-hybridized carbons (Fsp3) is 0.250. The number of ether oxygens (including phenoxy) is 1. The number of aliphatic imine (C=N–C) groups is 1. The van der Waals surface area contributed by atoms with Crippen LogP contribution in [0.25, 0.3) is 33.4 Å². The molecule has 5 heterocycles. The van der Waals surface area contributed by atoms with Gasteiger partial charge in [-0.15, -0.1) is 0 Å². The lowest BCUT2D eigenvalue weighted by atomic mass is 10.0. The van der Waals surface area contributed by atoms with Crippen molar-refractivity contribution in [2.24, 2.45) is 16.5 Å². The third-order valence-electron chi connectivity index (χ3n) is 6.30. The highest BCUT2D eigenvalue weighted by Gasteiger charge is 2.17. The van der Waals surface area contributed by atoms with E-state index >= 15 is 0 Å². The molecule has 188 valence electrons. The second kappa shape index (κ2) is 11.2. The molecule has 0 saturated carbocycles. The molecule has 1 fully saturated rings. The van der Waals surface area contributed by atoms with Crippen LogP contribution in [0.3, 0.4) is 0 Å². The molecule has 0 spiro atoms. The number of fused-ring (bicyclic) bond motifs is 1. The van der Waals surface area contributed by atoms with Gasteiger partial charge in [-0.1, -0.05) is 6.07 Å². The van der Waals surface area contributed by atoms with E-state index in [1.54, 1.807) is 12.4 Å². The molecule has 5 rings (SSSR count). The number of amidine groups is 1. The van der Waals surface area contributed by atoms with E-state index in [-0.39, 0.29) is 0 Å². The first kappa shape index (κ1) is 24.5. The molecule has 0 radical (unpaired) electrons. The fourth-order valence-corrected chi connectivity index (χ4v) is 4.29. The molecule has 1 saturated heterocycles. The van der Waals surface area contributed by atoms with Gasteiger partial charge in [0.2, 0.25) is 0 Å². The summed E-state index contributed by atoms with van der Waals surface area (Å²) in [4.78, 5) is 25.2. The normalized spacial score (nSPS) is 15.5. The Hall–Kier alpha value is -4.21. The van der Waals surface area contributed by atoms with E-state index in [0.717, 1.165) is 60.7 Å². The standard InChI is InChI=1S/C28H30N8O/c1-19-3-2-4-24(34-19)27(29)26(28(30)32-11-12-36-13-15-37-16-14-36)23-6-5-22-25(35-23)17-21(18-33-22)20-7-9-31-10-8-20/h2-10,17-18H,11-16,29H2,1H3,(H2,30,32)/b27-26-. The average Bonchev–Trinajstić information content (AvgIpc) is 2.94. The summed E-state index contributed by atoms with van der Waals surface area (Å²) in [6, 6.07) is 15.4. The Morgan fingerprint density at radius 2 is 1.76 bits per heavy atom. The molecule has 9 nitrogen and oxygen atoms in total. The minimum Gasteiger partial charge on any atom is -0.396 e. The minimum atomic E-state index is 0.333. The van der Waals surface area contributed by atoms with Crippen LogP contribution in [0, 0.1) is 6.92 Å².